The van der Waals surface area contributed by atoms with Crippen molar-refractivity contribution in [2.45, 2.75) is 18.9 Å². The summed E-state index contributed by atoms with van der Waals surface area (Å²) in [6.07, 6.45) is 5.45. The van der Waals surface area contributed by atoms with Gasteiger partial charge in [0.25, 0.3) is 0 Å². The molecule has 6 nitrogen and oxygen atoms in total. The van der Waals surface area contributed by atoms with Gasteiger partial charge in [0.2, 0.25) is 0 Å². The topological polar surface area (TPSA) is 63.7 Å². The van der Waals surface area contributed by atoms with Crippen molar-refractivity contribution in [2.75, 3.05) is 26.1 Å². The minimum absolute atomic E-state index is 0.0712. The van der Waals surface area contributed by atoms with Gasteiger partial charge in [-0.05, 0) is 46.5 Å². The van der Waals surface area contributed by atoms with Crippen molar-refractivity contribution in [3.63, 3.8) is 0 Å². The summed E-state index contributed by atoms with van der Waals surface area (Å²) in [6, 6.07) is 7.39. The number of aromatic nitrogens is 1. The van der Waals surface area contributed by atoms with Crippen LogP contribution in [0.4, 0.5) is 10.5 Å². The van der Waals surface area contributed by atoms with Crippen molar-refractivity contribution in [3.05, 3.63) is 46.7 Å². The van der Waals surface area contributed by atoms with Crippen LogP contribution in [0, 0.1) is 0 Å². The molecule has 1 aromatic carbocycles. The predicted molar refractivity (Wildman–Crippen MR) is 99.2 cm³/mol. The predicted octanol–water partition coefficient (Wildman–Crippen LogP) is 4.23. The van der Waals surface area contributed by atoms with Gasteiger partial charge in [-0.1, -0.05) is 0 Å². The normalized spacial score (nSPS) is 16.6. The van der Waals surface area contributed by atoms with E-state index in [1.165, 1.54) is 0 Å². The van der Waals surface area contributed by atoms with E-state index in [1.54, 1.807) is 38.7 Å². The summed E-state index contributed by atoms with van der Waals surface area (Å²) in [5.74, 6) is 1.16. The number of hydrogen-bond acceptors (Lipinski definition) is 4. The largest absolute Gasteiger partial charge is 0.493 e. The fourth-order valence-corrected chi connectivity index (χ4v) is 3.50. The molecule has 0 aliphatic carbocycles. The molecule has 0 radical (unpaired) electrons. The Morgan fingerprint density at radius 3 is 2.60 bits per heavy atom. The average molecular weight is 406 g/mol. The first-order chi connectivity index (χ1) is 12.1. The number of benzene rings is 1. The highest BCUT2D eigenvalue weighted by molar-refractivity contribution is 9.10. The van der Waals surface area contributed by atoms with Crippen molar-refractivity contribution in [3.8, 4) is 11.5 Å². The Morgan fingerprint density at radius 1 is 1.24 bits per heavy atom. The first-order valence-electron chi connectivity index (χ1n) is 8.03. The second kappa shape index (κ2) is 7.74. The standard InChI is InChI=1S/C18H20BrN3O3/c1-24-16-10-13(19)14(11-17(16)25-2)21-18(23)22-9-3-4-15(22)12-5-7-20-8-6-12/h5-8,10-11,15H,3-4,9H2,1-2H3,(H,21,23)/t15-/m0/s1. The Balaban J connectivity index is 1.80. The smallest absolute Gasteiger partial charge is 0.322 e. The summed E-state index contributed by atoms with van der Waals surface area (Å²) in [7, 11) is 3.14. The molecule has 25 heavy (non-hydrogen) atoms. The Morgan fingerprint density at radius 2 is 1.92 bits per heavy atom. The number of nitrogens with one attached hydrogen (secondary N) is 1. The van der Waals surface area contributed by atoms with E-state index in [0.29, 0.717) is 17.2 Å². The Bertz CT molecular complexity index is 755. The molecule has 2 heterocycles. The van der Waals surface area contributed by atoms with Gasteiger partial charge < -0.3 is 19.7 Å². The molecular weight excluding hydrogens is 386 g/mol. The summed E-state index contributed by atoms with van der Waals surface area (Å²) >= 11 is 3.47. The van der Waals surface area contributed by atoms with E-state index in [1.807, 2.05) is 17.0 Å². The highest BCUT2D eigenvalue weighted by atomic mass is 79.9. The number of pyridine rings is 1. The number of methoxy groups -OCH3 is 2. The summed E-state index contributed by atoms with van der Waals surface area (Å²) < 4.78 is 11.3. The van der Waals surface area contributed by atoms with E-state index in [2.05, 4.69) is 26.2 Å². The number of carbonyl (C=O) groups is 1. The molecule has 132 valence electrons. The molecule has 0 saturated carbocycles. The van der Waals surface area contributed by atoms with Crippen molar-refractivity contribution < 1.29 is 14.3 Å². The molecule has 1 N–H and O–H groups in total. The third-order valence-electron chi connectivity index (χ3n) is 4.32. The first kappa shape index (κ1) is 17.5. The van der Waals surface area contributed by atoms with Gasteiger partial charge in [0.1, 0.15) is 0 Å². The Hall–Kier alpha value is -2.28. The van der Waals surface area contributed by atoms with Gasteiger partial charge in [0.05, 0.1) is 25.9 Å². The van der Waals surface area contributed by atoms with E-state index in [4.69, 9.17) is 9.47 Å². The zero-order valence-corrected chi connectivity index (χ0v) is 15.7. The summed E-state index contributed by atoms with van der Waals surface area (Å²) in [5, 5.41) is 2.97. The molecule has 0 unspecified atom stereocenters. The number of nitrogens with zero attached hydrogens (tertiary/aromatic N) is 2. The number of anilines is 1. The van der Waals surface area contributed by atoms with E-state index in [-0.39, 0.29) is 12.1 Å². The lowest BCUT2D eigenvalue weighted by Gasteiger charge is -2.25. The number of ether oxygens (including phenoxy) is 2. The summed E-state index contributed by atoms with van der Waals surface area (Å²) in [5.41, 5.74) is 1.75. The molecule has 0 bridgehead atoms. The highest BCUT2D eigenvalue weighted by Crippen LogP contribution is 2.37. The van der Waals surface area contributed by atoms with Crippen LogP contribution >= 0.6 is 15.9 Å². The molecule has 2 amide bonds. The van der Waals surface area contributed by atoms with Crippen LogP contribution in [0.25, 0.3) is 0 Å². The monoisotopic (exact) mass is 405 g/mol. The van der Waals surface area contributed by atoms with Gasteiger partial charge in [-0.25, -0.2) is 4.79 Å². The number of carbonyl (C=O) groups excluding carboxylic acids is 1. The number of halogens is 1. The fourth-order valence-electron chi connectivity index (χ4n) is 3.08. The third-order valence-corrected chi connectivity index (χ3v) is 4.98. The van der Waals surface area contributed by atoms with Crippen molar-refractivity contribution >= 4 is 27.6 Å². The molecule has 7 heteroatoms. The van der Waals surface area contributed by atoms with Crippen LogP contribution < -0.4 is 14.8 Å². The van der Waals surface area contributed by atoms with Gasteiger partial charge in [-0.3, -0.25) is 4.98 Å². The number of urea groups is 1. The van der Waals surface area contributed by atoms with Crippen LogP contribution in [0.1, 0.15) is 24.4 Å². The van der Waals surface area contributed by atoms with E-state index < -0.39 is 0 Å². The Kier molecular flexibility index (Phi) is 5.43. The maximum absolute atomic E-state index is 12.8. The summed E-state index contributed by atoms with van der Waals surface area (Å²) in [4.78, 5) is 18.7. The third kappa shape index (κ3) is 3.71. The van der Waals surface area contributed by atoms with Crippen LogP contribution in [0.3, 0.4) is 0 Å². The van der Waals surface area contributed by atoms with Gasteiger partial charge in [-0.2, -0.15) is 0 Å². The molecule has 1 fully saturated rings. The lowest BCUT2D eigenvalue weighted by Crippen LogP contribution is -2.34. The van der Waals surface area contributed by atoms with Crippen LogP contribution in [0.2, 0.25) is 0 Å². The van der Waals surface area contributed by atoms with Crippen molar-refractivity contribution in [2.24, 2.45) is 0 Å². The molecular formula is C18H20BrN3O3. The van der Waals surface area contributed by atoms with E-state index in [9.17, 15) is 4.79 Å². The minimum Gasteiger partial charge on any atom is -0.493 e. The molecule has 0 spiro atoms. The number of rotatable bonds is 4. The first-order valence-corrected chi connectivity index (χ1v) is 8.82. The SMILES string of the molecule is COc1cc(Br)c(NC(=O)N2CCC[C@H]2c2ccncc2)cc1OC. The van der Waals surface area contributed by atoms with Crippen molar-refractivity contribution in [1.82, 2.24) is 9.88 Å². The Labute approximate surface area is 155 Å². The summed E-state index contributed by atoms with van der Waals surface area (Å²) in [6.45, 7) is 0.726. The van der Waals surface area contributed by atoms with Crippen LogP contribution in [-0.2, 0) is 0 Å². The van der Waals surface area contributed by atoms with Crippen LogP contribution in [0.5, 0.6) is 11.5 Å². The van der Waals surface area contributed by atoms with Gasteiger partial charge >= 0.3 is 6.03 Å². The molecule has 2 aromatic rings. The minimum atomic E-state index is -0.132. The molecule has 1 aromatic heterocycles. The zero-order valence-electron chi connectivity index (χ0n) is 14.2. The maximum atomic E-state index is 12.8. The van der Waals surface area contributed by atoms with Crippen LogP contribution in [0.15, 0.2) is 41.1 Å². The van der Waals surface area contributed by atoms with E-state index >= 15 is 0 Å². The van der Waals surface area contributed by atoms with Gasteiger partial charge in [-0.15, -0.1) is 0 Å². The van der Waals surface area contributed by atoms with Gasteiger partial charge in [0.15, 0.2) is 11.5 Å². The second-order valence-electron chi connectivity index (χ2n) is 5.75. The molecule has 1 atom stereocenters. The van der Waals surface area contributed by atoms with Gasteiger partial charge in [0, 0.05) is 35.5 Å². The average Bonchev–Trinajstić information content (AvgIpc) is 3.13. The van der Waals surface area contributed by atoms with E-state index in [0.717, 1.165) is 29.4 Å². The molecule has 1 saturated heterocycles. The molecule has 3 rings (SSSR count). The number of hydrogen-bond donors (Lipinski definition) is 1. The lowest BCUT2D eigenvalue weighted by atomic mass is 10.1. The highest BCUT2D eigenvalue weighted by Gasteiger charge is 2.30. The number of amides is 2. The lowest BCUT2D eigenvalue weighted by molar-refractivity contribution is 0.207. The molecule has 1 aliphatic rings. The number of likely N-dealkylation sites (tertiary alicyclic amines) is 1. The van der Waals surface area contributed by atoms with Crippen LogP contribution in [-0.4, -0.2) is 36.7 Å². The second-order valence-corrected chi connectivity index (χ2v) is 6.60. The zero-order chi connectivity index (χ0) is 17.8. The maximum Gasteiger partial charge on any atom is 0.322 e. The fraction of sp³-hybridized carbons (Fsp3) is 0.333. The quantitative estimate of drug-likeness (QED) is 0.826. The van der Waals surface area contributed by atoms with Crippen molar-refractivity contribution in [1.29, 1.82) is 0 Å². The molecule has 1 aliphatic heterocycles.